The molecule has 0 aliphatic heterocycles. The summed E-state index contributed by atoms with van der Waals surface area (Å²) in [5, 5.41) is 13.8. The van der Waals surface area contributed by atoms with Gasteiger partial charge in [-0.05, 0) is 24.6 Å². The fourth-order valence-corrected chi connectivity index (χ4v) is 1.55. The lowest BCUT2D eigenvalue weighted by Crippen LogP contribution is -2.36. The minimum atomic E-state index is -1.00. The molecule has 4 N–H and O–H groups in total. The standard InChI is InChI=1S/C14H16N4O3/c1-9(12(7-15)13(19)18-14(16)20)17-8-10-3-5-11(21-2)6-4-10/h3-6,17H,8H2,1-2H3,(H3,16,18,19,20)/b12-9+. The third kappa shape index (κ3) is 4.87. The van der Waals surface area contributed by atoms with Gasteiger partial charge in [-0.1, -0.05) is 12.1 Å². The Morgan fingerprint density at radius 2 is 1.95 bits per heavy atom. The van der Waals surface area contributed by atoms with Crippen LogP contribution in [0.3, 0.4) is 0 Å². The summed E-state index contributed by atoms with van der Waals surface area (Å²) < 4.78 is 5.05. The van der Waals surface area contributed by atoms with Gasteiger partial charge >= 0.3 is 6.03 Å². The van der Waals surface area contributed by atoms with Crippen molar-refractivity contribution in [3.8, 4) is 11.8 Å². The number of rotatable bonds is 5. The van der Waals surface area contributed by atoms with Gasteiger partial charge in [-0.3, -0.25) is 10.1 Å². The molecule has 0 spiro atoms. The number of hydrogen-bond donors (Lipinski definition) is 3. The maximum absolute atomic E-state index is 11.6. The number of methoxy groups -OCH3 is 1. The van der Waals surface area contributed by atoms with Crippen molar-refractivity contribution in [3.05, 3.63) is 41.1 Å². The van der Waals surface area contributed by atoms with Gasteiger partial charge in [-0.15, -0.1) is 0 Å². The van der Waals surface area contributed by atoms with E-state index in [0.717, 1.165) is 11.3 Å². The molecule has 1 aromatic carbocycles. The molecule has 0 aliphatic carbocycles. The maximum atomic E-state index is 11.6. The van der Waals surface area contributed by atoms with Crippen molar-refractivity contribution < 1.29 is 14.3 Å². The predicted octanol–water partition coefficient (Wildman–Crippen LogP) is 0.777. The second-order valence-electron chi connectivity index (χ2n) is 4.13. The molecular weight excluding hydrogens is 272 g/mol. The van der Waals surface area contributed by atoms with Crippen LogP contribution in [0.4, 0.5) is 4.79 Å². The number of nitrogens with two attached hydrogens (primary N) is 1. The highest BCUT2D eigenvalue weighted by molar-refractivity contribution is 6.06. The van der Waals surface area contributed by atoms with Crippen molar-refractivity contribution in [1.82, 2.24) is 10.6 Å². The highest BCUT2D eigenvalue weighted by atomic mass is 16.5. The number of amides is 3. The Hall–Kier alpha value is -3.01. The first-order valence-corrected chi connectivity index (χ1v) is 6.06. The van der Waals surface area contributed by atoms with Crippen LogP contribution in [-0.2, 0) is 11.3 Å². The van der Waals surface area contributed by atoms with Crippen molar-refractivity contribution in [2.75, 3.05) is 7.11 Å². The van der Waals surface area contributed by atoms with E-state index in [2.05, 4.69) is 5.32 Å². The zero-order valence-corrected chi connectivity index (χ0v) is 11.8. The quantitative estimate of drug-likeness (QED) is 0.546. The molecule has 1 rings (SSSR count). The van der Waals surface area contributed by atoms with Crippen LogP contribution in [0.5, 0.6) is 5.75 Å². The SMILES string of the molecule is COc1ccc(CN/C(C)=C(\C#N)C(=O)NC(N)=O)cc1. The van der Waals surface area contributed by atoms with Crippen LogP contribution in [0.25, 0.3) is 0 Å². The van der Waals surface area contributed by atoms with E-state index < -0.39 is 11.9 Å². The van der Waals surface area contributed by atoms with E-state index in [9.17, 15) is 9.59 Å². The van der Waals surface area contributed by atoms with Crippen LogP contribution in [-0.4, -0.2) is 19.0 Å². The summed E-state index contributed by atoms with van der Waals surface area (Å²) in [5.74, 6) is -0.0886. The molecule has 0 unspecified atom stereocenters. The van der Waals surface area contributed by atoms with Crippen LogP contribution < -0.4 is 21.1 Å². The Labute approximate surface area is 122 Å². The molecule has 0 bridgehead atoms. The van der Waals surface area contributed by atoms with Crippen molar-refractivity contribution in [1.29, 1.82) is 5.26 Å². The summed E-state index contributed by atoms with van der Waals surface area (Å²) in [7, 11) is 1.58. The summed E-state index contributed by atoms with van der Waals surface area (Å²) >= 11 is 0. The summed E-state index contributed by atoms with van der Waals surface area (Å²) in [6.45, 7) is 1.99. The van der Waals surface area contributed by atoms with E-state index in [1.54, 1.807) is 32.2 Å². The van der Waals surface area contributed by atoms with E-state index in [0.29, 0.717) is 12.2 Å². The van der Waals surface area contributed by atoms with Gasteiger partial charge in [0.2, 0.25) is 0 Å². The number of carbonyl (C=O) groups is 2. The molecule has 0 aromatic heterocycles. The molecule has 0 aliphatic rings. The number of nitrogens with one attached hydrogen (secondary N) is 2. The Morgan fingerprint density at radius 3 is 2.43 bits per heavy atom. The van der Waals surface area contributed by atoms with Crippen molar-refractivity contribution in [2.24, 2.45) is 5.73 Å². The smallest absolute Gasteiger partial charge is 0.319 e. The van der Waals surface area contributed by atoms with Crippen molar-refractivity contribution >= 4 is 11.9 Å². The van der Waals surface area contributed by atoms with E-state index in [-0.39, 0.29) is 5.57 Å². The number of nitrogens with zero attached hydrogens (tertiary/aromatic N) is 1. The number of allylic oxidation sites excluding steroid dienone is 1. The Bertz CT molecular complexity index is 600. The van der Waals surface area contributed by atoms with Crippen LogP contribution in [0.15, 0.2) is 35.5 Å². The number of carbonyl (C=O) groups excluding carboxylic acids is 2. The number of benzene rings is 1. The van der Waals surface area contributed by atoms with E-state index >= 15 is 0 Å². The Morgan fingerprint density at radius 1 is 1.33 bits per heavy atom. The van der Waals surface area contributed by atoms with Gasteiger partial charge in [0.05, 0.1) is 7.11 Å². The average Bonchev–Trinajstić information content (AvgIpc) is 2.45. The van der Waals surface area contributed by atoms with Crippen LogP contribution in [0.1, 0.15) is 12.5 Å². The number of nitriles is 1. The van der Waals surface area contributed by atoms with Crippen molar-refractivity contribution in [3.63, 3.8) is 0 Å². The summed E-state index contributed by atoms with van der Waals surface area (Å²) in [6, 6.07) is 8.06. The van der Waals surface area contributed by atoms with E-state index in [4.69, 9.17) is 15.7 Å². The van der Waals surface area contributed by atoms with Gasteiger partial charge in [-0.25, -0.2) is 4.79 Å². The second-order valence-corrected chi connectivity index (χ2v) is 4.13. The molecule has 0 saturated carbocycles. The number of imide groups is 1. The Balaban J connectivity index is 2.74. The molecule has 0 saturated heterocycles. The molecule has 21 heavy (non-hydrogen) atoms. The first kappa shape index (κ1) is 16.0. The first-order chi connectivity index (χ1) is 9.97. The minimum Gasteiger partial charge on any atom is -0.497 e. The average molecular weight is 288 g/mol. The summed E-state index contributed by atoms with van der Waals surface area (Å²) in [4.78, 5) is 22.2. The fraction of sp³-hybridized carbons (Fsp3) is 0.214. The highest BCUT2D eigenvalue weighted by Crippen LogP contribution is 2.11. The van der Waals surface area contributed by atoms with Gasteiger partial charge in [0.1, 0.15) is 17.4 Å². The molecule has 7 heteroatoms. The molecule has 0 radical (unpaired) electrons. The van der Waals surface area contributed by atoms with Gasteiger partial charge < -0.3 is 15.8 Å². The monoisotopic (exact) mass is 288 g/mol. The molecule has 0 atom stereocenters. The second kappa shape index (κ2) is 7.55. The van der Waals surface area contributed by atoms with Gasteiger partial charge in [-0.2, -0.15) is 5.26 Å². The first-order valence-electron chi connectivity index (χ1n) is 6.06. The minimum absolute atomic E-state index is 0.192. The lowest BCUT2D eigenvalue weighted by Gasteiger charge is -2.09. The molecule has 1 aromatic rings. The molecule has 0 fully saturated rings. The molecule has 7 nitrogen and oxygen atoms in total. The number of urea groups is 1. The number of hydrogen-bond acceptors (Lipinski definition) is 5. The predicted molar refractivity (Wildman–Crippen MR) is 75.9 cm³/mol. The molecule has 0 heterocycles. The van der Waals surface area contributed by atoms with Gasteiger partial charge in [0, 0.05) is 12.2 Å². The Kier molecular flexibility index (Phi) is 5.77. The van der Waals surface area contributed by atoms with Crippen molar-refractivity contribution in [2.45, 2.75) is 13.5 Å². The topological polar surface area (TPSA) is 117 Å². The third-order valence-corrected chi connectivity index (χ3v) is 2.67. The van der Waals surface area contributed by atoms with Crippen LogP contribution in [0.2, 0.25) is 0 Å². The molecule has 110 valence electrons. The lowest BCUT2D eigenvalue weighted by molar-refractivity contribution is -0.116. The third-order valence-electron chi connectivity index (χ3n) is 2.67. The largest absolute Gasteiger partial charge is 0.497 e. The van der Waals surface area contributed by atoms with Crippen LogP contribution in [0, 0.1) is 11.3 Å². The maximum Gasteiger partial charge on any atom is 0.319 e. The lowest BCUT2D eigenvalue weighted by atomic mass is 10.2. The number of ether oxygens (including phenoxy) is 1. The molecular formula is C14H16N4O3. The summed E-state index contributed by atoms with van der Waals surface area (Å²) in [6.07, 6.45) is 0. The zero-order chi connectivity index (χ0) is 15.8. The molecule has 3 amide bonds. The van der Waals surface area contributed by atoms with E-state index in [1.165, 1.54) is 0 Å². The van der Waals surface area contributed by atoms with Gasteiger partial charge in [0.15, 0.2) is 0 Å². The fourth-order valence-electron chi connectivity index (χ4n) is 1.55. The van der Waals surface area contributed by atoms with Gasteiger partial charge in [0.25, 0.3) is 5.91 Å². The zero-order valence-electron chi connectivity index (χ0n) is 11.8. The van der Waals surface area contributed by atoms with E-state index in [1.807, 2.05) is 17.4 Å². The summed E-state index contributed by atoms with van der Waals surface area (Å²) in [5.41, 5.74) is 5.95. The highest BCUT2D eigenvalue weighted by Gasteiger charge is 2.14. The normalized spacial score (nSPS) is 10.9. The van der Waals surface area contributed by atoms with Crippen LogP contribution >= 0.6 is 0 Å². The number of primary amides is 1.